The molecule has 0 saturated heterocycles. The highest BCUT2D eigenvalue weighted by molar-refractivity contribution is 6.29. The number of furan rings is 1. The van der Waals surface area contributed by atoms with E-state index >= 15 is 0 Å². The molecule has 0 aliphatic heterocycles. The molecule has 3 aromatic heterocycles. The molecule has 0 bridgehead atoms. The summed E-state index contributed by atoms with van der Waals surface area (Å²) in [5.74, 6) is 0. The molecule has 0 spiro atoms. The molecule has 248 valence electrons. The molecule has 11 rings (SSSR count). The van der Waals surface area contributed by atoms with Crippen LogP contribution < -0.4 is 0 Å². The molecule has 0 N–H and O–H groups in total. The Kier molecular flexibility index (Phi) is 6.52. The quantitative estimate of drug-likeness (QED) is 0.187. The topological polar surface area (TPSA) is 35.9 Å². The van der Waals surface area contributed by atoms with E-state index in [1.165, 1.54) is 10.8 Å². The molecule has 0 aliphatic rings. The van der Waals surface area contributed by atoms with Crippen LogP contribution in [0.3, 0.4) is 0 Å². The van der Waals surface area contributed by atoms with Gasteiger partial charge >= 0.3 is 0 Å². The summed E-state index contributed by atoms with van der Waals surface area (Å²) in [6, 6.07) is 60.4. The van der Waals surface area contributed by atoms with Gasteiger partial charge in [0.15, 0.2) is 0 Å². The van der Waals surface area contributed by atoms with Gasteiger partial charge in [-0.15, -0.1) is 0 Å². The maximum Gasteiger partial charge on any atom is 0.143 e. The van der Waals surface area contributed by atoms with Crippen LogP contribution in [-0.4, -0.2) is 14.1 Å². The second-order valence-corrected chi connectivity index (χ2v) is 13.5. The van der Waals surface area contributed by atoms with Crippen molar-refractivity contribution in [1.82, 2.24) is 14.1 Å². The minimum atomic E-state index is 0.893. The van der Waals surface area contributed by atoms with Crippen molar-refractivity contribution >= 4 is 76.2 Å². The molecular formula is C49H31N3O. The van der Waals surface area contributed by atoms with Gasteiger partial charge in [-0.2, -0.15) is 0 Å². The summed E-state index contributed by atoms with van der Waals surface area (Å²) >= 11 is 0. The van der Waals surface area contributed by atoms with E-state index in [9.17, 15) is 0 Å². The predicted molar refractivity (Wildman–Crippen MR) is 221 cm³/mol. The minimum absolute atomic E-state index is 0.893. The monoisotopic (exact) mass is 677 g/mol. The first-order valence-electron chi connectivity index (χ1n) is 18.0. The van der Waals surface area contributed by atoms with Crippen LogP contribution >= 0.6 is 0 Å². The average Bonchev–Trinajstić information content (AvgIpc) is 3.62. The van der Waals surface area contributed by atoms with Crippen LogP contribution in [0.15, 0.2) is 193 Å². The van der Waals surface area contributed by atoms with E-state index in [4.69, 9.17) is 9.40 Å². The van der Waals surface area contributed by atoms with Crippen LogP contribution in [0.25, 0.3) is 98.7 Å². The van der Waals surface area contributed by atoms with Crippen LogP contribution in [-0.2, 0) is 0 Å². The van der Waals surface area contributed by atoms with E-state index in [-0.39, 0.29) is 0 Å². The number of hydrogen-bond acceptors (Lipinski definition) is 2. The van der Waals surface area contributed by atoms with E-state index in [0.29, 0.717) is 0 Å². The van der Waals surface area contributed by atoms with E-state index in [2.05, 4.69) is 185 Å². The van der Waals surface area contributed by atoms with Crippen LogP contribution in [0.2, 0.25) is 0 Å². The summed E-state index contributed by atoms with van der Waals surface area (Å²) in [5, 5.41) is 10.2. The number of fused-ring (bicyclic) bond motifs is 12. The highest BCUT2D eigenvalue weighted by atomic mass is 16.3. The van der Waals surface area contributed by atoms with Crippen LogP contribution in [0.1, 0.15) is 0 Å². The number of pyridine rings is 1. The van der Waals surface area contributed by atoms with Gasteiger partial charge in [-0.1, -0.05) is 121 Å². The van der Waals surface area contributed by atoms with Gasteiger partial charge in [0.1, 0.15) is 11.2 Å². The first-order valence-corrected chi connectivity index (χ1v) is 18.0. The third-order valence-electron chi connectivity index (χ3n) is 10.7. The van der Waals surface area contributed by atoms with Crippen molar-refractivity contribution in [2.45, 2.75) is 0 Å². The predicted octanol–water partition coefficient (Wildman–Crippen LogP) is 13.1. The van der Waals surface area contributed by atoms with Gasteiger partial charge in [0.2, 0.25) is 0 Å². The molecule has 8 aromatic carbocycles. The zero-order valence-corrected chi connectivity index (χ0v) is 28.6. The van der Waals surface area contributed by atoms with Crippen LogP contribution in [0, 0.1) is 0 Å². The van der Waals surface area contributed by atoms with Crippen molar-refractivity contribution in [1.29, 1.82) is 0 Å². The van der Waals surface area contributed by atoms with Gasteiger partial charge in [0.25, 0.3) is 0 Å². The fourth-order valence-corrected chi connectivity index (χ4v) is 8.33. The zero-order valence-electron chi connectivity index (χ0n) is 28.6. The molecule has 4 heteroatoms. The zero-order chi connectivity index (χ0) is 34.9. The molecule has 0 atom stereocenters. The molecule has 3 heterocycles. The lowest BCUT2D eigenvalue weighted by Gasteiger charge is -2.19. The number of hydrogen-bond donors (Lipinski definition) is 0. The summed E-state index contributed by atoms with van der Waals surface area (Å²) in [4.78, 5) is 5.17. The van der Waals surface area contributed by atoms with Gasteiger partial charge in [-0.3, -0.25) is 4.98 Å². The molecule has 0 radical (unpaired) electrons. The number of benzene rings is 7. The maximum absolute atomic E-state index is 6.63. The first kappa shape index (κ1) is 29.5. The molecule has 0 saturated carbocycles. The van der Waals surface area contributed by atoms with Crippen molar-refractivity contribution in [2.75, 3.05) is 0 Å². The van der Waals surface area contributed by atoms with E-state index < -0.39 is 0 Å². The van der Waals surface area contributed by atoms with Gasteiger partial charge in [0, 0.05) is 57.1 Å². The highest BCUT2D eigenvalue weighted by Crippen LogP contribution is 2.43. The Morgan fingerprint density at radius 3 is 1.68 bits per heavy atom. The molecule has 0 amide bonds. The Morgan fingerprint density at radius 1 is 0.396 bits per heavy atom. The molecule has 0 aliphatic carbocycles. The first-order chi connectivity index (χ1) is 26.3. The Bertz CT molecular complexity index is 3280. The lowest BCUT2D eigenvalue weighted by Crippen LogP contribution is -2.05. The lowest BCUT2D eigenvalue weighted by molar-refractivity contribution is 0.670. The number of rotatable bonds is 3. The summed E-state index contributed by atoms with van der Waals surface area (Å²) in [6.45, 7) is 0. The molecule has 0 fully saturated rings. The highest BCUT2D eigenvalue weighted by Gasteiger charge is 2.18. The van der Waals surface area contributed by atoms with Crippen molar-refractivity contribution in [3.05, 3.63) is 188 Å². The number of nitrogens with zero attached hydrogens (tertiary/aromatic N) is 3. The van der Waals surface area contributed by atoms with E-state index in [1.54, 1.807) is 0 Å². The average molecular weight is 678 g/mol. The van der Waals surface area contributed by atoms with E-state index in [1.807, 2.05) is 12.3 Å². The second-order valence-electron chi connectivity index (χ2n) is 13.5. The van der Waals surface area contributed by atoms with Crippen molar-refractivity contribution in [3.8, 4) is 22.5 Å². The Labute approximate surface area is 304 Å². The third-order valence-corrected chi connectivity index (χ3v) is 10.7. The van der Waals surface area contributed by atoms with Crippen molar-refractivity contribution in [3.63, 3.8) is 0 Å². The Balaban J connectivity index is 1.36. The van der Waals surface area contributed by atoms with Gasteiger partial charge in [-0.05, 0) is 81.0 Å². The summed E-state index contributed by atoms with van der Waals surface area (Å²) in [6.07, 6.45) is 6.24. The second kappa shape index (κ2) is 11.7. The fourth-order valence-electron chi connectivity index (χ4n) is 8.33. The summed E-state index contributed by atoms with van der Waals surface area (Å²) in [7, 11) is 0. The van der Waals surface area contributed by atoms with Gasteiger partial charge in [-0.25, -0.2) is 0 Å². The SMILES string of the molecule is c1ccc(-n2ccn(-c3ccccc3)c3cc4c(cc32)c2ccccc2c2c(-c3cccc5c3oc3ccccc35)cccc2c2cccnc42)cc1. The smallest absolute Gasteiger partial charge is 0.143 e. The molecule has 53 heavy (non-hydrogen) atoms. The fraction of sp³-hybridized carbons (Fsp3) is 0. The lowest BCUT2D eigenvalue weighted by atomic mass is 9.90. The number of para-hydroxylation sites is 4. The molecule has 11 aromatic rings. The molecular weight excluding hydrogens is 647 g/mol. The van der Waals surface area contributed by atoms with Crippen molar-refractivity contribution in [2.24, 2.45) is 0 Å². The summed E-state index contributed by atoms with van der Waals surface area (Å²) < 4.78 is 11.2. The van der Waals surface area contributed by atoms with E-state index in [0.717, 1.165) is 87.9 Å². The van der Waals surface area contributed by atoms with Crippen LogP contribution in [0.4, 0.5) is 0 Å². The summed E-state index contributed by atoms with van der Waals surface area (Å²) in [5.41, 5.74) is 9.31. The Morgan fingerprint density at radius 2 is 0.943 bits per heavy atom. The van der Waals surface area contributed by atoms with Gasteiger partial charge < -0.3 is 13.6 Å². The number of aromatic nitrogens is 3. The molecule has 0 unspecified atom stereocenters. The largest absolute Gasteiger partial charge is 0.455 e. The maximum atomic E-state index is 6.63. The molecule has 4 nitrogen and oxygen atoms in total. The van der Waals surface area contributed by atoms with Crippen molar-refractivity contribution < 1.29 is 4.42 Å². The van der Waals surface area contributed by atoms with Crippen LogP contribution in [0.5, 0.6) is 0 Å². The normalized spacial score (nSPS) is 11.8. The van der Waals surface area contributed by atoms with Gasteiger partial charge in [0.05, 0.1) is 16.6 Å². The Hall–Kier alpha value is -7.17. The standard InChI is InChI=1S/C49H31N3O/c1-3-14-32(15-4-1)51-28-29-52(33-16-5-2-6-17-33)45-31-43-42(30-44(45)51)34-18-7-8-20-36(34)47-37(39-25-13-27-50-48(39)43)21-11-22-38(47)41-24-12-23-40-35-19-9-10-26-46(35)53-49(40)41/h1-31H. The minimum Gasteiger partial charge on any atom is -0.455 e. The third kappa shape index (κ3) is 4.52.